The van der Waals surface area contributed by atoms with Gasteiger partial charge in [0, 0.05) is 0 Å². The minimum Gasteiger partial charge on any atom is -0.489 e. The fourth-order valence-corrected chi connectivity index (χ4v) is 0.960. The lowest BCUT2D eigenvalue weighted by Gasteiger charge is -2.00. The number of ether oxygens (including phenoxy) is 1. The van der Waals surface area contributed by atoms with Crippen LogP contribution in [-0.2, 0) is 0 Å². The van der Waals surface area contributed by atoms with Crippen molar-refractivity contribution in [3.8, 4) is 5.75 Å². The summed E-state index contributed by atoms with van der Waals surface area (Å²) in [5.74, 6) is 0.443. The summed E-state index contributed by atoms with van der Waals surface area (Å²) < 4.78 is 5.32. The highest BCUT2D eigenvalue weighted by atomic mass is 16.5. The molecule has 0 spiro atoms. The van der Waals surface area contributed by atoms with Gasteiger partial charge in [0.25, 0.3) is 0 Å². The van der Waals surface area contributed by atoms with Crippen LogP contribution in [0, 0.1) is 0 Å². The smallest absolute Gasteiger partial charge is 0.220 e. The third-order valence-corrected chi connectivity index (χ3v) is 1.72. The van der Waals surface area contributed by atoms with Gasteiger partial charge in [-0.05, 0) is 18.6 Å². The summed E-state index contributed by atoms with van der Waals surface area (Å²) in [6, 6.07) is 8.56. The van der Waals surface area contributed by atoms with E-state index in [-0.39, 0.29) is 5.43 Å². The van der Waals surface area contributed by atoms with Crippen molar-refractivity contribution in [1.29, 1.82) is 0 Å². The monoisotopic (exact) mass is 178 g/mol. The Morgan fingerprint density at radius 3 is 2.77 bits per heavy atom. The molecule has 0 amide bonds. The summed E-state index contributed by atoms with van der Waals surface area (Å²) >= 11 is 0. The number of unbranched alkanes of at least 4 members (excludes halogenated alkanes) is 1. The molecule has 0 unspecified atom stereocenters. The standard InChI is InChI=1S/C11H14O2/c1-2-3-9-13-11-8-6-4-5-7-10(11)12/h4-8H,2-3,9H2,1H3. The second-order valence-corrected chi connectivity index (χ2v) is 2.84. The zero-order valence-electron chi connectivity index (χ0n) is 7.82. The molecular formula is C11H14O2. The maximum Gasteiger partial charge on any atom is 0.220 e. The van der Waals surface area contributed by atoms with Crippen molar-refractivity contribution in [1.82, 2.24) is 0 Å². The summed E-state index contributed by atoms with van der Waals surface area (Å²) in [7, 11) is 0. The van der Waals surface area contributed by atoms with Crippen molar-refractivity contribution in [3.05, 3.63) is 40.6 Å². The van der Waals surface area contributed by atoms with E-state index in [1.165, 1.54) is 6.07 Å². The maximum atomic E-state index is 11.3. The first-order valence-corrected chi connectivity index (χ1v) is 4.56. The largest absolute Gasteiger partial charge is 0.489 e. The van der Waals surface area contributed by atoms with Crippen molar-refractivity contribution < 1.29 is 4.74 Å². The van der Waals surface area contributed by atoms with E-state index in [1.807, 2.05) is 12.1 Å². The summed E-state index contributed by atoms with van der Waals surface area (Å²) in [5, 5.41) is 0. The fraction of sp³-hybridized carbons (Fsp3) is 0.364. The zero-order chi connectivity index (χ0) is 9.52. The van der Waals surface area contributed by atoms with Gasteiger partial charge in [-0.1, -0.05) is 31.5 Å². The molecule has 0 radical (unpaired) electrons. The van der Waals surface area contributed by atoms with Crippen LogP contribution in [0.15, 0.2) is 35.1 Å². The summed E-state index contributed by atoms with van der Waals surface area (Å²) in [6.07, 6.45) is 2.06. The Bertz CT molecular complexity index is 307. The number of rotatable bonds is 4. The van der Waals surface area contributed by atoms with Crippen LogP contribution in [0.25, 0.3) is 0 Å². The SMILES string of the molecule is CCCCOc1cccccc1=O. The van der Waals surface area contributed by atoms with Gasteiger partial charge in [-0.2, -0.15) is 0 Å². The Balaban J connectivity index is 2.67. The van der Waals surface area contributed by atoms with E-state index >= 15 is 0 Å². The Morgan fingerprint density at radius 1 is 1.23 bits per heavy atom. The van der Waals surface area contributed by atoms with Gasteiger partial charge in [-0.25, -0.2) is 0 Å². The molecule has 0 fully saturated rings. The van der Waals surface area contributed by atoms with Crippen LogP contribution in [0.1, 0.15) is 19.8 Å². The van der Waals surface area contributed by atoms with E-state index in [1.54, 1.807) is 12.1 Å². The van der Waals surface area contributed by atoms with Crippen molar-refractivity contribution in [2.75, 3.05) is 6.61 Å². The van der Waals surface area contributed by atoms with Gasteiger partial charge in [0.05, 0.1) is 6.61 Å². The molecule has 0 aromatic heterocycles. The Morgan fingerprint density at radius 2 is 2.00 bits per heavy atom. The van der Waals surface area contributed by atoms with Gasteiger partial charge in [0.2, 0.25) is 5.43 Å². The van der Waals surface area contributed by atoms with Crippen molar-refractivity contribution in [2.45, 2.75) is 19.8 Å². The average molecular weight is 178 g/mol. The third kappa shape index (κ3) is 3.28. The van der Waals surface area contributed by atoms with Crippen LogP contribution in [0.5, 0.6) is 5.75 Å². The van der Waals surface area contributed by atoms with Crippen LogP contribution in [-0.4, -0.2) is 6.61 Å². The first kappa shape index (κ1) is 9.78. The van der Waals surface area contributed by atoms with E-state index in [2.05, 4.69) is 6.92 Å². The van der Waals surface area contributed by atoms with E-state index < -0.39 is 0 Å². The maximum absolute atomic E-state index is 11.3. The second-order valence-electron chi connectivity index (χ2n) is 2.84. The Labute approximate surface area is 78.2 Å². The van der Waals surface area contributed by atoms with Crippen molar-refractivity contribution in [2.24, 2.45) is 0 Å². The zero-order valence-corrected chi connectivity index (χ0v) is 7.82. The predicted molar refractivity (Wildman–Crippen MR) is 53.1 cm³/mol. The highest BCUT2D eigenvalue weighted by Crippen LogP contribution is 2.01. The quantitative estimate of drug-likeness (QED) is 0.661. The first-order valence-electron chi connectivity index (χ1n) is 4.56. The van der Waals surface area contributed by atoms with Crippen LogP contribution in [0.2, 0.25) is 0 Å². The predicted octanol–water partition coefficient (Wildman–Crippen LogP) is 2.23. The summed E-state index contributed by atoms with van der Waals surface area (Å²) in [5.41, 5.74) is -0.0545. The molecule has 1 aromatic rings. The molecule has 0 saturated carbocycles. The molecule has 2 nitrogen and oxygen atoms in total. The lowest BCUT2D eigenvalue weighted by molar-refractivity contribution is 0.307. The summed E-state index contributed by atoms with van der Waals surface area (Å²) in [4.78, 5) is 11.3. The van der Waals surface area contributed by atoms with Crippen molar-refractivity contribution in [3.63, 3.8) is 0 Å². The number of hydrogen-bond donors (Lipinski definition) is 0. The molecule has 0 aliphatic carbocycles. The first-order chi connectivity index (χ1) is 6.34. The highest BCUT2D eigenvalue weighted by Gasteiger charge is 1.95. The molecule has 1 aromatic carbocycles. The molecule has 2 heteroatoms. The van der Waals surface area contributed by atoms with E-state index in [0.29, 0.717) is 12.4 Å². The van der Waals surface area contributed by atoms with Crippen molar-refractivity contribution >= 4 is 0 Å². The molecule has 0 aliphatic rings. The highest BCUT2D eigenvalue weighted by molar-refractivity contribution is 5.20. The van der Waals surface area contributed by atoms with Crippen LogP contribution in [0.3, 0.4) is 0 Å². The minimum absolute atomic E-state index is 0.0545. The van der Waals surface area contributed by atoms with Gasteiger partial charge >= 0.3 is 0 Å². The minimum atomic E-state index is -0.0545. The topological polar surface area (TPSA) is 26.3 Å². The normalized spacial score (nSPS) is 9.62. The van der Waals surface area contributed by atoms with Gasteiger partial charge in [0.1, 0.15) is 0 Å². The molecule has 0 bridgehead atoms. The molecule has 0 atom stereocenters. The third-order valence-electron chi connectivity index (χ3n) is 1.72. The average Bonchev–Trinajstić information content (AvgIpc) is 2.32. The van der Waals surface area contributed by atoms with Crippen LogP contribution in [0.4, 0.5) is 0 Å². The molecule has 0 heterocycles. The van der Waals surface area contributed by atoms with Gasteiger partial charge < -0.3 is 4.74 Å². The Hall–Kier alpha value is -1.31. The lowest BCUT2D eigenvalue weighted by Crippen LogP contribution is -2.05. The van der Waals surface area contributed by atoms with E-state index in [9.17, 15) is 4.79 Å². The van der Waals surface area contributed by atoms with Gasteiger partial charge in [0.15, 0.2) is 5.75 Å². The van der Waals surface area contributed by atoms with Crippen LogP contribution < -0.4 is 10.2 Å². The second kappa shape index (κ2) is 5.36. The molecular weight excluding hydrogens is 164 g/mol. The van der Waals surface area contributed by atoms with E-state index in [4.69, 9.17) is 4.74 Å². The van der Waals surface area contributed by atoms with Crippen LogP contribution >= 0.6 is 0 Å². The molecule has 13 heavy (non-hydrogen) atoms. The summed E-state index contributed by atoms with van der Waals surface area (Å²) in [6.45, 7) is 2.71. The Kier molecular flexibility index (Phi) is 4.03. The molecule has 0 aliphatic heterocycles. The number of hydrogen-bond acceptors (Lipinski definition) is 2. The molecule has 70 valence electrons. The fourth-order valence-electron chi connectivity index (χ4n) is 0.960. The molecule has 0 saturated heterocycles. The molecule has 1 rings (SSSR count). The molecule has 0 N–H and O–H groups in total. The van der Waals surface area contributed by atoms with Gasteiger partial charge in [-0.15, -0.1) is 0 Å². The lowest BCUT2D eigenvalue weighted by atomic mass is 10.3. The van der Waals surface area contributed by atoms with E-state index in [0.717, 1.165) is 12.8 Å². The van der Waals surface area contributed by atoms with Gasteiger partial charge in [-0.3, -0.25) is 4.79 Å².